The van der Waals surface area contributed by atoms with Crippen LogP contribution in [0.1, 0.15) is 22.9 Å². The lowest BCUT2D eigenvalue weighted by atomic mass is 9.93. The summed E-state index contributed by atoms with van der Waals surface area (Å²) in [6, 6.07) is 8.62. The summed E-state index contributed by atoms with van der Waals surface area (Å²) >= 11 is 0. The summed E-state index contributed by atoms with van der Waals surface area (Å²) in [7, 11) is 3.48. The van der Waals surface area contributed by atoms with Gasteiger partial charge in [0.05, 0.1) is 17.0 Å². The van der Waals surface area contributed by atoms with Crippen LogP contribution >= 0.6 is 0 Å². The Balaban J connectivity index is 1.73. The van der Waals surface area contributed by atoms with Gasteiger partial charge in [0.25, 0.3) is 5.56 Å². The molecule has 7 nitrogen and oxygen atoms in total. The number of aromatic amines is 1. The number of hydrogen-bond acceptors (Lipinski definition) is 4. The molecule has 0 bridgehead atoms. The summed E-state index contributed by atoms with van der Waals surface area (Å²) in [5, 5.41) is 12.5. The zero-order chi connectivity index (χ0) is 22.3. The predicted molar refractivity (Wildman–Crippen MR) is 111 cm³/mol. The molecule has 1 aromatic heterocycles. The minimum atomic E-state index is -0.667. The molecule has 2 amide bonds. The number of likely N-dealkylation sites (N-methyl/N-ethyl adjacent to an activating group) is 2. The van der Waals surface area contributed by atoms with Gasteiger partial charge in [0.2, 0.25) is 0 Å². The molecule has 158 valence electrons. The minimum Gasteiger partial charge on any atom is -0.324 e. The molecule has 0 aliphatic carbocycles. The number of nitrogens with zero attached hydrogens (tertiary/aromatic N) is 3. The van der Waals surface area contributed by atoms with Crippen molar-refractivity contribution in [2.24, 2.45) is 0 Å². The zero-order valence-electron chi connectivity index (χ0n) is 16.9. The normalized spacial score (nSPS) is 15.9. The Morgan fingerprint density at radius 2 is 2.03 bits per heavy atom. The second-order valence-electron chi connectivity index (χ2n) is 7.60. The molecule has 0 fully saturated rings. The quantitative estimate of drug-likeness (QED) is 0.661. The number of halogens is 2. The number of hydrogen-bond donors (Lipinski definition) is 2. The average molecular weight is 423 g/mol. The Hall–Kier alpha value is -3.77. The summed E-state index contributed by atoms with van der Waals surface area (Å²) in [5.41, 5.74) is 1.14. The Morgan fingerprint density at radius 1 is 1.26 bits per heavy atom. The van der Waals surface area contributed by atoms with Gasteiger partial charge in [-0.3, -0.25) is 9.69 Å². The lowest BCUT2D eigenvalue weighted by Crippen LogP contribution is -2.44. The van der Waals surface area contributed by atoms with Crippen molar-refractivity contribution < 1.29 is 13.6 Å². The number of pyridine rings is 1. The molecule has 0 spiro atoms. The van der Waals surface area contributed by atoms with Gasteiger partial charge in [0.1, 0.15) is 17.7 Å². The largest absolute Gasteiger partial charge is 0.324 e. The molecule has 1 aliphatic heterocycles. The van der Waals surface area contributed by atoms with Gasteiger partial charge in [-0.1, -0.05) is 6.07 Å². The standard InChI is InChI=1S/C22H19F2N5O2/c1-28-10-18-20(15-5-3-13(23)8-16(15)21(30)27-18)19(11-28)29(2)22(31)26-14-4-6-17(24)12(7-14)9-25/h3-8,19H,10-11H2,1-2H3,(H,26,31)(H,27,30)/t19-/m0/s1. The number of carbonyl (C=O) groups excluding carboxylic acids is 1. The Morgan fingerprint density at radius 3 is 2.77 bits per heavy atom. The van der Waals surface area contributed by atoms with Crippen LogP contribution in [0.4, 0.5) is 19.3 Å². The summed E-state index contributed by atoms with van der Waals surface area (Å²) in [5.74, 6) is -1.18. The first kappa shape index (κ1) is 20.5. The van der Waals surface area contributed by atoms with Crippen LogP contribution in [0.5, 0.6) is 0 Å². The second-order valence-corrected chi connectivity index (χ2v) is 7.60. The topological polar surface area (TPSA) is 92.2 Å². The van der Waals surface area contributed by atoms with Gasteiger partial charge in [-0.25, -0.2) is 13.6 Å². The van der Waals surface area contributed by atoms with E-state index in [2.05, 4.69) is 10.3 Å². The van der Waals surface area contributed by atoms with Gasteiger partial charge in [-0.2, -0.15) is 5.26 Å². The van der Waals surface area contributed by atoms with Crippen molar-refractivity contribution in [1.29, 1.82) is 5.26 Å². The molecular formula is C22H19F2N5O2. The fraction of sp³-hybridized carbons (Fsp3) is 0.227. The van der Waals surface area contributed by atoms with Crippen molar-refractivity contribution in [1.82, 2.24) is 14.8 Å². The molecule has 3 aromatic rings. The van der Waals surface area contributed by atoms with E-state index < -0.39 is 23.7 Å². The third-order valence-corrected chi connectivity index (χ3v) is 5.48. The number of carbonyl (C=O) groups is 1. The smallest absolute Gasteiger partial charge is 0.322 e. The summed E-state index contributed by atoms with van der Waals surface area (Å²) in [6.07, 6.45) is 0. The Bertz CT molecular complexity index is 1300. The Labute approximate surface area is 176 Å². The van der Waals surface area contributed by atoms with E-state index in [0.29, 0.717) is 24.2 Å². The highest BCUT2D eigenvalue weighted by Gasteiger charge is 2.32. The number of urea groups is 1. The molecule has 2 heterocycles. The van der Waals surface area contributed by atoms with Crippen molar-refractivity contribution in [2.45, 2.75) is 12.6 Å². The van der Waals surface area contributed by atoms with Crippen LogP contribution < -0.4 is 10.9 Å². The number of H-pyrrole nitrogens is 1. The van der Waals surface area contributed by atoms with Crippen molar-refractivity contribution in [2.75, 3.05) is 26.0 Å². The van der Waals surface area contributed by atoms with Crippen LogP contribution in [0, 0.1) is 23.0 Å². The lowest BCUT2D eigenvalue weighted by Gasteiger charge is -2.38. The molecule has 4 rings (SSSR count). The van der Waals surface area contributed by atoms with Crippen molar-refractivity contribution >= 4 is 22.5 Å². The van der Waals surface area contributed by atoms with E-state index in [4.69, 9.17) is 5.26 Å². The number of anilines is 1. The number of amides is 2. The predicted octanol–water partition coefficient (Wildman–Crippen LogP) is 3.33. The van der Waals surface area contributed by atoms with Crippen LogP contribution in [0.15, 0.2) is 41.2 Å². The number of rotatable bonds is 2. The molecule has 0 unspecified atom stereocenters. The van der Waals surface area contributed by atoms with Crippen LogP contribution in [0.2, 0.25) is 0 Å². The average Bonchev–Trinajstić information content (AvgIpc) is 2.74. The summed E-state index contributed by atoms with van der Waals surface area (Å²) in [4.78, 5) is 31.7. The number of fused-ring (bicyclic) bond motifs is 3. The van der Waals surface area contributed by atoms with Crippen molar-refractivity contribution in [3.63, 3.8) is 0 Å². The maximum atomic E-state index is 13.7. The van der Waals surface area contributed by atoms with Gasteiger partial charge in [0, 0.05) is 37.1 Å². The van der Waals surface area contributed by atoms with E-state index in [1.807, 2.05) is 11.9 Å². The molecule has 0 radical (unpaired) electrons. The molecule has 2 N–H and O–H groups in total. The highest BCUT2D eigenvalue weighted by molar-refractivity contribution is 5.91. The monoisotopic (exact) mass is 423 g/mol. The van der Waals surface area contributed by atoms with E-state index in [1.54, 1.807) is 19.2 Å². The number of nitrogens with one attached hydrogen (secondary N) is 2. The van der Waals surface area contributed by atoms with E-state index >= 15 is 0 Å². The van der Waals surface area contributed by atoms with Gasteiger partial charge in [-0.05, 0) is 42.8 Å². The van der Waals surface area contributed by atoms with Gasteiger partial charge >= 0.3 is 6.03 Å². The van der Waals surface area contributed by atoms with E-state index in [9.17, 15) is 18.4 Å². The van der Waals surface area contributed by atoms with Crippen molar-refractivity contribution in [3.8, 4) is 6.07 Å². The van der Waals surface area contributed by atoms with Crippen LogP contribution in [0.25, 0.3) is 10.8 Å². The lowest BCUT2D eigenvalue weighted by molar-refractivity contribution is 0.167. The minimum absolute atomic E-state index is 0.172. The van der Waals surface area contributed by atoms with Gasteiger partial charge in [-0.15, -0.1) is 0 Å². The Kier molecular flexibility index (Phi) is 5.17. The van der Waals surface area contributed by atoms with Gasteiger partial charge < -0.3 is 15.2 Å². The molecule has 2 aromatic carbocycles. The number of benzene rings is 2. The number of aromatic nitrogens is 1. The van der Waals surface area contributed by atoms with E-state index in [1.165, 1.54) is 29.2 Å². The van der Waals surface area contributed by atoms with Crippen LogP contribution in [0.3, 0.4) is 0 Å². The zero-order valence-corrected chi connectivity index (χ0v) is 16.9. The van der Waals surface area contributed by atoms with Crippen molar-refractivity contribution in [3.05, 3.63) is 75.2 Å². The maximum absolute atomic E-state index is 13.7. The highest BCUT2D eigenvalue weighted by atomic mass is 19.1. The number of nitriles is 1. The molecule has 0 saturated carbocycles. The first-order chi connectivity index (χ1) is 14.8. The summed E-state index contributed by atoms with van der Waals surface area (Å²) in [6.45, 7) is 0.968. The highest BCUT2D eigenvalue weighted by Crippen LogP contribution is 2.34. The maximum Gasteiger partial charge on any atom is 0.322 e. The third kappa shape index (κ3) is 3.73. The molecule has 1 atom stereocenters. The van der Waals surface area contributed by atoms with E-state index in [0.717, 1.165) is 11.6 Å². The molecule has 1 aliphatic rings. The molecule has 31 heavy (non-hydrogen) atoms. The van der Waals surface area contributed by atoms with Crippen LogP contribution in [-0.2, 0) is 6.54 Å². The second kappa shape index (κ2) is 7.81. The molecular weight excluding hydrogens is 404 g/mol. The fourth-order valence-electron chi connectivity index (χ4n) is 3.96. The third-order valence-electron chi connectivity index (χ3n) is 5.48. The van der Waals surface area contributed by atoms with E-state index in [-0.39, 0.29) is 22.2 Å². The van der Waals surface area contributed by atoms with Crippen LogP contribution in [-0.4, -0.2) is 41.5 Å². The first-order valence-electron chi connectivity index (χ1n) is 9.55. The summed E-state index contributed by atoms with van der Waals surface area (Å²) < 4.78 is 27.3. The molecule has 9 heteroatoms. The SMILES string of the molecule is CN1Cc2[nH]c(=O)c3cc(F)ccc3c2[C@@H](N(C)C(=O)Nc2ccc(F)c(C#N)c2)C1. The fourth-order valence-corrected chi connectivity index (χ4v) is 3.96. The molecule has 0 saturated heterocycles. The van der Waals surface area contributed by atoms with Gasteiger partial charge in [0.15, 0.2) is 0 Å². The first-order valence-corrected chi connectivity index (χ1v) is 9.55.